The van der Waals surface area contributed by atoms with E-state index in [-0.39, 0.29) is 31.1 Å². The molecule has 0 aliphatic carbocycles. The van der Waals surface area contributed by atoms with Gasteiger partial charge in [-0.1, -0.05) is 252 Å². The van der Waals surface area contributed by atoms with Gasteiger partial charge in [-0.2, -0.15) is 0 Å². The summed E-state index contributed by atoms with van der Waals surface area (Å²) in [6.45, 7) is 9.02. The van der Waals surface area contributed by atoms with Gasteiger partial charge >= 0.3 is 17.9 Å². The second-order valence-electron chi connectivity index (χ2n) is 18.3. The Morgan fingerprint density at radius 2 is 0.569 bits per heavy atom. The van der Waals surface area contributed by atoms with Gasteiger partial charge in [0.2, 0.25) is 0 Å². The minimum absolute atomic E-state index is 0.0627. The van der Waals surface area contributed by atoms with Crippen LogP contribution in [0.15, 0.2) is 0 Å². The molecule has 0 aromatic heterocycles. The second-order valence-corrected chi connectivity index (χ2v) is 18.3. The van der Waals surface area contributed by atoms with Crippen molar-refractivity contribution in [1.82, 2.24) is 0 Å². The third-order valence-corrected chi connectivity index (χ3v) is 11.8. The minimum Gasteiger partial charge on any atom is -0.462 e. The van der Waals surface area contributed by atoms with Crippen LogP contribution in [0, 0.1) is 5.92 Å². The minimum atomic E-state index is -0.759. The van der Waals surface area contributed by atoms with Crippen LogP contribution in [0.3, 0.4) is 0 Å². The van der Waals surface area contributed by atoms with E-state index in [0.717, 1.165) is 63.7 Å². The molecule has 6 heteroatoms. The Morgan fingerprint density at radius 3 is 0.845 bits per heavy atom. The molecule has 0 aromatic rings. The first-order chi connectivity index (χ1) is 28.4. The van der Waals surface area contributed by atoms with Crippen molar-refractivity contribution in [3.05, 3.63) is 0 Å². The van der Waals surface area contributed by atoms with Crippen LogP contribution < -0.4 is 0 Å². The normalized spacial score (nSPS) is 11.9. The fourth-order valence-electron chi connectivity index (χ4n) is 7.86. The summed E-state index contributed by atoms with van der Waals surface area (Å²) in [5.41, 5.74) is 0. The van der Waals surface area contributed by atoms with Gasteiger partial charge in [-0.05, 0) is 25.2 Å². The summed E-state index contributed by atoms with van der Waals surface area (Å²) in [7, 11) is 0. The molecule has 0 saturated heterocycles. The Kier molecular flexibility index (Phi) is 45.2. The highest BCUT2D eigenvalue weighted by molar-refractivity contribution is 5.71. The molecule has 1 atom stereocenters. The van der Waals surface area contributed by atoms with Crippen LogP contribution in [0.4, 0.5) is 0 Å². The quantitative estimate of drug-likeness (QED) is 0.0346. The molecule has 0 aliphatic heterocycles. The SMILES string of the molecule is CCCCCCCCCCCCCCCC(=O)O[C@@H](COC(=O)CCCCCCCCCCCC)COC(=O)CCCCCCCCCCCCCCCCC(C)C. The molecule has 58 heavy (non-hydrogen) atoms. The number of carbonyl (C=O) groups excluding carboxylic acids is 3. The second kappa shape index (κ2) is 46.5. The van der Waals surface area contributed by atoms with E-state index in [0.29, 0.717) is 19.3 Å². The maximum absolute atomic E-state index is 12.8. The predicted molar refractivity (Wildman–Crippen MR) is 247 cm³/mol. The molecule has 0 radical (unpaired) electrons. The molecule has 6 nitrogen and oxygen atoms in total. The van der Waals surface area contributed by atoms with Crippen molar-refractivity contribution in [2.45, 2.75) is 297 Å². The summed E-state index contributed by atoms with van der Waals surface area (Å²) >= 11 is 0. The molecule has 0 aliphatic rings. The van der Waals surface area contributed by atoms with Gasteiger partial charge in [0.25, 0.3) is 0 Å². The molecule has 0 aromatic carbocycles. The number of rotatable bonds is 47. The molecule has 344 valence electrons. The van der Waals surface area contributed by atoms with Gasteiger partial charge in [0.15, 0.2) is 6.10 Å². The Bertz CT molecular complexity index is 872. The average molecular weight is 821 g/mol. The van der Waals surface area contributed by atoms with Crippen LogP contribution in [0.2, 0.25) is 0 Å². The summed E-state index contributed by atoms with van der Waals surface area (Å²) in [4.78, 5) is 37.9. The number of unbranched alkanes of at least 4 members (excludes halogenated alkanes) is 34. The Hall–Kier alpha value is -1.59. The molecular weight excluding hydrogens is 721 g/mol. The predicted octanol–water partition coefficient (Wildman–Crippen LogP) is 16.7. The fraction of sp³-hybridized carbons (Fsp3) is 0.942. The van der Waals surface area contributed by atoms with Crippen LogP contribution in [0.25, 0.3) is 0 Å². The summed E-state index contributed by atoms with van der Waals surface area (Å²) in [5, 5.41) is 0. The van der Waals surface area contributed by atoms with E-state index in [4.69, 9.17) is 14.2 Å². The lowest BCUT2D eigenvalue weighted by Gasteiger charge is -2.18. The van der Waals surface area contributed by atoms with E-state index in [1.807, 2.05) is 0 Å². The maximum atomic E-state index is 12.8. The Balaban J connectivity index is 4.26. The van der Waals surface area contributed by atoms with Crippen molar-refractivity contribution in [2.75, 3.05) is 13.2 Å². The topological polar surface area (TPSA) is 78.9 Å². The van der Waals surface area contributed by atoms with Crippen molar-refractivity contribution >= 4 is 17.9 Å². The summed E-state index contributed by atoms with van der Waals surface area (Å²) < 4.78 is 16.8. The van der Waals surface area contributed by atoms with E-state index < -0.39 is 6.10 Å². The first kappa shape index (κ1) is 56.4. The third kappa shape index (κ3) is 45.5. The molecule has 0 spiro atoms. The third-order valence-electron chi connectivity index (χ3n) is 11.8. The highest BCUT2D eigenvalue weighted by Gasteiger charge is 2.19. The largest absolute Gasteiger partial charge is 0.462 e. The van der Waals surface area contributed by atoms with E-state index >= 15 is 0 Å². The van der Waals surface area contributed by atoms with E-state index in [2.05, 4.69) is 27.7 Å². The lowest BCUT2D eigenvalue weighted by Crippen LogP contribution is -2.30. The molecule has 0 unspecified atom stereocenters. The van der Waals surface area contributed by atoms with E-state index in [9.17, 15) is 14.4 Å². The van der Waals surface area contributed by atoms with E-state index in [1.165, 1.54) is 186 Å². The van der Waals surface area contributed by atoms with Gasteiger partial charge in [0, 0.05) is 19.3 Å². The van der Waals surface area contributed by atoms with Crippen molar-refractivity contribution in [3.63, 3.8) is 0 Å². The fourth-order valence-corrected chi connectivity index (χ4v) is 7.86. The summed E-state index contributed by atoms with van der Waals surface area (Å²) in [5.74, 6) is -0.000432. The first-order valence-corrected chi connectivity index (χ1v) is 25.9. The zero-order chi connectivity index (χ0) is 42.4. The van der Waals surface area contributed by atoms with Crippen molar-refractivity contribution in [1.29, 1.82) is 0 Å². The number of carbonyl (C=O) groups is 3. The van der Waals surface area contributed by atoms with Gasteiger partial charge in [0.05, 0.1) is 0 Å². The Labute approximate surface area is 361 Å². The van der Waals surface area contributed by atoms with Crippen LogP contribution in [0.1, 0.15) is 291 Å². The number of hydrogen-bond donors (Lipinski definition) is 0. The summed E-state index contributed by atoms with van der Waals surface area (Å²) in [6.07, 6.45) is 48.0. The molecule has 0 bridgehead atoms. The van der Waals surface area contributed by atoms with Crippen molar-refractivity contribution < 1.29 is 28.6 Å². The van der Waals surface area contributed by atoms with Gasteiger partial charge < -0.3 is 14.2 Å². The maximum Gasteiger partial charge on any atom is 0.306 e. The van der Waals surface area contributed by atoms with Gasteiger partial charge in [-0.3, -0.25) is 14.4 Å². The Morgan fingerprint density at radius 1 is 0.328 bits per heavy atom. The molecule has 0 rings (SSSR count). The van der Waals surface area contributed by atoms with Gasteiger partial charge in [-0.15, -0.1) is 0 Å². The van der Waals surface area contributed by atoms with Crippen LogP contribution >= 0.6 is 0 Å². The highest BCUT2D eigenvalue weighted by Crippen LogP contribution is 2.17. The zero-order valence-electron chi connectivity index (χ0n) is 39.5. The lowest BCUT2D eigenvalue weighted by molar-refractivity contribution is -0.167. The summed E-state index contributed by atoms with van der Waals surface area (Å²) in [6, 6.07) is 0. The van der Waals surface area contributed by atoms with Gasteiger partial charge in [-0.25, -0.2) is 0 Å². The van der Waals surface area contributed by atoms with Crippen LogP contribution in [-0.2, 0) is 28.6 Å². The van der Waals surface area contributed by atoms with Crippen molar-refractivity contribution in [3.8, 4) is 0 Å². The number of esters is 3. The number of hydrogen-bond acceptors (Lipinski definition) is 6. The molecule has 0 heterocycles. The average Bonchev–Trinajstić information content (AvgIpc) is 3.21. The highest BCUT2D eigenvalue weighted by atomic mass is 16.6. The monoisotopic (exact) mass is 821 g/mol. The standard InChI is InChI=1S/C52H100O6/c1-5-7-9-11-13-15-17-20-25-29-33-37-41-45-52(55)58-49(46-56-50(53)43-39-35-31-27-16-14-12-10-8-6-2)47-57-51(54)44-40-36-32-28-24-22-19-18-21-23-26-30-34-38-42-48(3)4/h48-49H,5-47H2,1-4H3/t49-/m0/s1. The molecule has 0 fully saturated rings. The molecular formula is C52H100O6. The molecule has 0 N–H and O–H groups in total. The smallest absolute Gasteiger partial charge is 0.306 e. The van der Waals surface area contributed by atoms with E-state index in [1.54, 1.807) is 0 Å². The van der Waals surface area contributed by atoms with Gasteiger partial charge in [0.1, 0.15) is 13.2 Å². The molecule has 0 saturated carbocycles. The van der Waals surface area contributed by atoms with Crippen molar-refractivity contribution in [2.24, 2.45) is 5.92 Å². The zero-order valence-corrected chi connectivity index (χ0v) is 39.5. The molecule has 0 amide bonds. The first-order valence-electron chi connectivity index (χ1n) is 25.9. The number of ether oxygens (including phenoxy) is 3. The van der Waals surface area contributed by atoms with Crippen LogP contribution in [0.5, 0.6) is 0 Å². The lowest BCUT2D eigenvalue weighted by atomic mass is 10.0. The van der Waals surface area contributed by atoms with Crippen LogP contribution in [-0.4, -0.2) is 37.2 Å².